The SMILES string of the molecule is C=CCn1c(SCc2nc(CCC)no2)nnc1-c1ccncc1. The van der Waals surface area contributed by atoms with Crippen LogP contribution < -0.4 is 0 Å². The molecule has 0 spiro atoms. The first-order valence-corrected chi connectivity index (χ1v) is 8.69. The second-order valence-electron chi connectivity index (χ2n) is 5.08. The average molecular weight is 342 g/mol. The van der Waals surface area contributed by atoms with Gasteiger partial charge in [0.15, 0.2) is 16.8 Å². The summed E-state index contributed by atoms with van der Waals surface area (Å²) in [7, 11) is 0. The highest BCUT2D eigenvalue weighted by molar-refractivity contribution is 7.98. The Hall–Kier alpha value is -2.48. The quantitative estimate of drug-likeness (QED) is 0.459. The Balaban J connectivity index is 1.77. The molecule has 0 amide bonds. The Bertz CT molecular complexity index is 798. The van der Waals surface area contributed by atoms with Gasteiger partial charge in [0.05, 0.1) is 5.75 Å². The van der Waals surface area contributed by atoms with Crippen molar-refractivity contribution >= 4 is 11.8 Å². The number of thioether (sulfide) groups is 1. The number of nitrogens with zero attached hydrogens (tertiary/aromatic N) is 6. The molecule has 0 saturated heterocycles. The summed E-state index contributed by atoms with van der Waals surface area (Å²) in [6.45, 7) is 6.52. The molecule has 3 heterocycles. The number of allylic oxidation sites excluding steroid dienone is 1. The second kappa shape index (κ2) is 7.87. The van der Waals surface area contributed by atoms with E-state index in [0.717, 1.165) is 35.2 Å². The lowest BCUT2D eigenvalue weighted by Crippen LogP contribution is -2.00. The van der Waals surface area contributed by atoms with Gasteiger partial charge in [-0.25, -0.2) is 0 Å². The number of aromatic nitrogens is 6. The van der Waals surface area contributed by atoms with Crippen molar-refractivity contribution < 1.29 is 4.52 Å². The third kappa shape index (κ3) is 3.70. The highest BCUT2D eigenvalue weighted by atomic mass is 32.2. The van der Waals surface area contributed by atoms with Gasteiger partial charge >= 0.3 is 0 Å². The molecule has 3 rings (SSSR count). The molecule has 3 aromatic rings. The number of rotatable bonds is 8. The Kier molecular flexibility index (Phi) is 5.37. The zero-order valence-electron chi connectivity index (χ0n) is 13.4. The van der Waals surface area contributed by atoms with Crippen LogP contribution in [0.1, 0.15) is 25.1 Å². The maximum atomic E-state index is 5.26. The molecule has 0 radical (unpaired) electrons. The van der Waals surface area contributed by atoms with E-state index < -0.39 is 0 Å². The van der Waals surface area contributed by atoms with E-state index in [1.807, 2.05) is 22.8 Å². The maximum absolute atomic E-state index is 5.26. The molecule has 0 aromatic carbocycles. The summed E-state index contributed by atoms with van der Waals surface area (Å²) >= 11 is 1.52. The third-order valence-electron chi connectivity index (χ3n) is 3.28. The molecular formula is C16H18N6OS. The van der Waals surface area contributed by atoms with Crippen LogP contribution in [0.4, 0.5) is 0 Å². The van der Waals surface area contributed by atoms with Gasteiger partial charge < -0.3 is 4.52 Å². The first-order valence-electron chi connectivity index (χ1n) is 7.70. The summed E-state index contributed by atoms with van der Waals surface area (Å²) in [6.07, 6.45) is 7.12. The van der Waals surface area contributed by atoms with Crippen LogP contribution in [0.25, 0.3) is 11.4 Å². The van der Waals surface area contributed by atoms with Crippen molar-refractivity contribution in [2.24, 2.45) is 0 Å². The van der Waals surface area contributed by atoms with Crippen LogP contribution in [0.5, 0.6) is 0 Å². The molecule has 0 unspecified atom stereocenters. The van der Waals surface area contributed by atoms with Crippen LogP contribution in [0.2, 0.25) is 0 Å². The highest BCUT2D eigenvalue weighted by Crippen LogP contribution is 2.25. The van der Waals surface area contributed by atoms with Crippen LogP contribution in [-0.4, -0.2) is 29.9 Å². The van der Waals surface area contributed by atoms with E-state index in [-0.39, 0.29) is 0 Å². The fourth-order valence-electron chi connectivity index (χ4n) is 2.20. The smallest absolute Gasteiger partial charge is 0.237 e. The van der Waals surface area contributed by atoms with Gasteiger partial charge in [-0.1, -0.05) is 29.9 Å². The van der Waals surface area contributed by atoms with Gasteiger partial charge in [0.25, 0.3) is 0 Å². The highest BCUT2D eigenvalue weighted by Gasteiger charge is 2.15. The van der Waals surface area contributed by atoms with E-state index in [4.69, 9.17) is 4.52 Å². The van der Waals surface area contributed by atoms with E-state index in [0.29, 0.717) is 18.2 Å². The van der Waals surface area contributed by atoms with E-state index in [1.165, 1.54) is 11.8 Å². The fraction of sp³-hybridized carbons (Fsp3) is 0.312. The molecule has 124 valence electrons. The average Bonchev–Trinajstić information content (AvgIpc) is 3.22. The predicted molar refractivity (Wildman–Crippen MR) is 91.3 cm³/mol. The minimum atomic E-state index is 0.558. The van der Waals surface area contributed by atoms with Gasteiger partial charge in [-0.15, -0.1) is 16.8 Å². The summed E-state index contributed by atoms with van der Waals surface area (Å²) in [5, 5.41) is 13.3. The fourth-order valence-corrected chi connectivity index (χ4v) is 2.99. The molecule has 7 nitrogen and oxygen atoms in total. The zero-order valence-corrected chi connectivity index (χ0v) is 14.2. The predicted octanol–water partition coefficient (Wildman–Crippen LogP) is 3.15. The first-order chi connectivity index (χ1) is 11.8. The molecule has 0 bridgehead atoms. The number of aryl methyl sites for hydroxylation is 1. The number of hydrogen-bond donors (Lipinski definition) is 0. The van der Waals surface area contributed by atoms with Crippen molar-refractivity contribution in [1.29, 1.82) is 0 Å². The Morgan fingerprint density at radius 2 is 2.12 bits per heavy atom. The van der Waals surface area contributed by atoms with E-state index in [9.17, 15) is 0 Å². The van der Waals surface area contributed by atoms with Gasteiger partial charge in [-0.05, 0) is 18.6 Å². The second-order valence-corrected chi connectivity index (χ2v) is 6.03. The maximum Gasteiger partial charge on any atom is 0.237 e. The lowest BCUT2D eigenvalue weighted by atomic mass is 10.2. The van der Waals surface area contributed by atoms with Crippen molar-refractivity contribution in [3.63, 3.8) is 0 Å². The van der Waals surface area contributed by atoms with E-state index in [2.05, 4.69) is 38.8 Å². The minimum absolute atomic E-state index is 0.558. The van der Waals surface area contributed by atoms with Crippen LogP contribution >= 0.6 is 11.8 Å². The molecule has 0 N–H and O–H groups in total. The molecule has 0 saturated carbocycles. The molecule has 8 heteroatoms. The van der Waals surface area contributed by atoms with Crippen LogP contribution in [-0.2, 0) is 18.7 Å². The van der Waals surface area contributed by atoms with Gasteiger partial charge in [-0.2, -0.15) is 4.98 Å². The van der Waals surface area contributed by atoms with Crippen molar-refractivity contribution in [3.8, 4) is 11.4 Å². The Labute approximate surface area is 144 Å². The molecule has 0 aliphatic heterocycles. The topological polar surface area (TPSA) is 82.5 Å². The number of pyridine rings is 1. The molecule has 0 aliphatic carbocycles. The van der Waals surface area contributed by atoms with E-state index >= 15 is 0 Å². The summed E-state index contributed by atoms with van der Waals surface area (Å²) < 4.78 is 7.27. The standard InChI is InChI=1S/C16H18N6OS/c1-3-5-13-18-14(23-21-13)11-24-16-20-19-15(22(16)10-4-2)12-6-8-17-9-7-12/h4,6-9H,2-3,5,10-11H2,1H3. The lowest BCUT2D eigenvalue weighted by molar-refractivity contribution is 0.384. The summed E-state index contributed by atoms with van der Waals surface area (Å²) in [5.74, 6) is 2.69. The molecule has 24 heavy (non-hydrogen) atoms. The van der Waals surface area contributed by atoms with Gasteiger partial charge in [-0.3, -0.25) is 9.55 Å². The van der Waals surface area contributed by atoms with Gasteiger partial charge in [0.2, 0.25) is 5.89 Å². The van der Waals surface area contributed by atoms with Gasteiger partial charge in [0, 0.05) is 30.9 Å². The first kappa shape index (κ1) is 16.4. The molecule has 0 atom stereocenters. The van der Waals surface area contributed by atoms with Crippen molar-refractivity contribution in [2.45, 2.75) is 37.2 Å². The summed E-state index contributed by atoms with van der Waals surface area (Å²) in [5.41, 5.74) is 0.967. The minimum Gasteiger partial charge on any atom is -0.338 e. The van der Waals surface area contributed by atoms with Crippen LogP contribution in [0, 0.1) is 0 Å². The summed E-state index contributed by atoms with van der Waals surface area (Å²) in [6, 6.07) is 3.82. The zero-order chi connectivity index (χ0) is 16.8. The molecular weight excluding hydrogens is 324 g/mol. The van der Waals surface area contributed by atoms with Crippen LogP contribution in [0.15, 0.2) is 46.9 Å². The lowest BCUT2D eigenvalue weighted by Gasteiger charge is -2.06. The van der Waals surface area contributed by atoms with Crippen molar-refractivity contribution in [3.05, 3.63) is 48.9 Å². The van der Waals surface area contributed by atoms with Crippen molar-refractivity contribution in [1.82, 2.24) is 29.9 Å². The molecule has 0 aliphatic rings. The third-order valence-corrected chi connectivity index (χ3v) is 4.23. The monoisotopic (exact) mass is 342 g/mol. The largest absolute Gasteiger partial charge is 0.338 e. The normalized spacial score (nSPS) is 10.9. The summed E-state index contributed by atoms with van der Waals surface area (Å²) in [4.78, 5) is 8.41. The van der Waals surface area contributed by atoms with E-state index in [1.54, 1.807) is 12.4 Å². The number of hydrogen-bond acceptors (Lipinski definition) is 7. The van der Waals surface area contributed by atoms with Crippen LogP contribution in [0.3, 0.4) is 0 Å². The van der Waals surface area contributed by atoms with Gasteiger partial charge in [0.1, 0.15) is 0 Å². The van der Waals surface area contributed by atoms with Crippen molar-refractivity contribution in [2.75, 3.05) is 0 Å². The Morgan fingerprint density at radius 3 is 2.88 bits per heavy atom. The molecule has 0 fully saturated rings. The molecule has 3 aromatic heterocycles. The Morgan fingerprint density at radius 1 is 1.29 bits per heavy atom.